The van der Waals surface area contributed by atoms with Crippen LogP contribution in [0.3, 0.4) is 0 Å². The Hall–Kier alpha value is -1.40. The zero-order valence-corrected chi connectivity index (χ0v) is 10.7. The lowest BCUT2D eigenvalue weighted by Crippen LogP contribution is -2.20. The van der Waals surface area contributed by atoms with E-state index < -0.39 is 0 Å². The molecule has 1 heterocycles. The summed E-state index contributed by atoms with van der Waals surface area (Å²) in [4.78, 5) is 10.3. The average Bonchev–Trinajstić information content (AvgIpc) is 2.30. The van der Waals surface area contributed by atoms with Crippen molar-refractivity contribution in [3.63, 3.8) is 0 Å². The Morgan fingerprint density at radius 1 is 1.41 bits per heavy atom. The number of hydrazine groups is 1. The molecule has 17 heavy (non-hydrogen) atoms. The van der Waals surface area contributed by atoms with Gasteiger partial charge in [-0.15, -0.1) is 0 Å². The summed E-state index contributed by atoms with van der Waals surface area (Å²) in [5.41, 5.74) is 3.52. The Bertz CT molecular complexity index is 343. The number of likely N-dealkylation sites (N-methyl/N-ethyl adjacent to an activating group) is 1. The van der Waals surface area contributed by atoms with Gasteiger partial charge < -0.3 is 15.1 Å². The van der Waals surface area contributed by atoms with Crippen LogP contribution in [0.15, 0.2) is 6.33 Å². The highest BCUT2D eigenvalue weighted by Gasteiger charge is 2.11. The maximum Gasteiger partial charge on any atom is 0.221 e. The highest BCUT2D eigenvalue weighted by Crippen LogP contribution is 2.22. The number of anilines is 1. The third-order valence-electron chi connectivity index (χ3n) is 2.32. The third kappa shape index (κ3) is 4.16. The van der Waals surface area contributed by atoms with Crippen LogP contribution in [0.2, 0.25) is 0 Å². The van der Waals surface area contributed by atoms with Crippen molar-refractivity contribution in [1.82, 2.24) is 14.9 Å². The van der Waals surface area contributed by atoms with Crippen molar-refractivity contribution in [3.05, 3.63) is 11.9 Å². The van der Waals surface area contributed by atoms with Crippen molar-refractivity contribution in [3.8, 4) is 5.88 Å². The van der Waals surface area contributed by atoms with Crippen molar-refractivity contribution >= 4 is 5.82 Å². The molecule has 0 spiro atoms. The van der Waals surface area contributed by atoms with Gasteiger partial charge in [0.2, 0.25) is 5.88 Å². The first kappa shape index (κ1) is 13.7. The van der Waals surface area contributed by atoms with Crippen LogP contribution in [0.1, 0.15) is 18.9 Å². The van der Waals surface area contributed by atoms with Gasteiger partial charge in [0.15, 0.2) is 0 Å². The molecule has 0 bridgehead atoms. The number of nitrogens with one attached hydrogen (secondary N) is 1. The minimum Gasteiger partial charge on any atom is -0.476 e. The molecule has 0 saturated carbocycles. The molecular weight excluding hydrogens is 218 g/mol. The first-order valence-electron chi connectivity index (χ1n) is 5.77. The molecular formula is C11H21N5O. The van der Waals surface area contributed by atoms with Crippen LogP contribution < -0.4 is 16.0 Å². The van der Waals surface area contributed by atoms with Crippen LogP contribution in [0.4, 0.5) is 5.82 Å². The smallest absolute Gasteiger partial charge is 0.221 e. The Morgan fingerprint density at radius 3 is 2.76 bits per heavy atom. The van der Waals surface area contributed by atoms with Crippen molar-refractivity contribution in [2.45, 2.75) is 19.8 Å². The van der Waals surface area contributed by atoms with Gasteiger partial charge in [0.25, 0.3) is 0 Å². The maximum absolute atomic E-state index is 5.65. The summed E-state index contributed by atoms with van der Waals surface area (Å²) in [6, 6.07) is 0. The molecule has 3 N–H and O–H groups in total. The van der Waals surface area contributed by atoms with Crippen LogP contribution in [0, 0.1) is 0 Å². The number of rotatable bonds is 7. The molecule has 6 heteroatoms. The molecule has 0 aromatic carbocycles. The molecule has 1 rings (SSSR count). The van der Waals surface area contributed by atoms with Crippen LogP contribution in [0.25, 0.3) is 0 Å². The summed E-state index contributed by atoms with van der Waals surface area (Å²) >= 11 is 0. The van der Waals surface area contributed by atoms with Gasteiger partial charge >= 0.3 is 0 Å². The van der Waals surface area contributed by atoms with E-state index in [1.54, 1.807) is 0 Å². The molecule has 1 aromatic heterocycles. The first-order chi connectivity index (χ1) is 8.19. The first-order valence-corrected chi connectivity index (χ1v) is 5.77. The summed E-state index contributed by atoms with van der Waals surface area (Å²) in [5, 5.41) is 0. The number of nitrogens with two attached hydrogens (primary N) is 1. The van der Waals surface area contributed by atoms with E-state index in [4.69, 9.17) is 10.6 Å². The second-order valence-electron chi connectivity index (χ2n) is 4.05. The zero-order valence-electron chi connectivity index (χ0n) is 10.7. The van der Waals surface area contributed by atoms with Crippen molar-refractivity contribution in [2.75, 3.05) is 32.7 Å². The van der Waals surface area contributed by atoms with Gasteiger partial charge in [0, 0.05) is 6.54 Å². The molecule has 0 fully saturated rings. The second-order valence-corrected chi connectivity index (χ2v) is 4.05. The molecule has 96 valence electrons. The van der Waals surface area contributed by atoms with Crippen molar-refractivity contribution < 1.29 is 4.74 Å². The topological polar surface area (TPSA) is 76.3 Å². The number of hydrogen-bond donors (Lipinski definition) is 2. The highest BCUT2D eigenvalue weighted by atomic mass is 16.5. The Morgan fingerprint density at radius 2 is 2.18 bits per heavy atom. The lowest BCUT2D eigenvalue weighted by molar-refractivity contribution is 0.251. The molecule has 0 aliphatic heterocycles. The predicted molar refractivity (Wildman–Crippen MR) is 67.9 cm³/mol. The zero-order chi connectivity index (χ0) is 12.7. The number of hydrogen-bond acceptors (Lipinski definition) is 6. The monoisotopic (exact) mass is 239 g/mol. The summed E-state index contributed by atoms with van der Waals surface area (Å²) in [6.45, 7) is 3.54. The third-order valence-corrected chi connectivity index (χ3v) is 2.32. The van der Waals surface area contributed by atoms with Crippen LogP contribution in [-0.2, 0) is 6.42 Å². The molecule has 6 nitrogen and oxygen atoms in total. The van der Waals surface area contributed by atoms with Crippen molar-refractivity contribution in [2.24, 2.45) is 5.84 Å². The van der Waals surface area contributed by atoms with E-state index in [0.717, 1.165) is 24.9 Å². The van der Waals surface area contributed by atoms with Crippen LogP contribution in [-0.4, -0.2) is 42.1 Å². The fraction of sp³-hybridized carbons (Fsp3) is 0.636. The van der Waals surface area contributed by atoms with E-state index in [1.807, 2.05) is 14.1 Å². The normalized spacial score (nSPS) is 10.6. The summed E-state index contributed by atoms with van der Waals surface area (Å²) < 4.78 is 5.65. The lowest BCUT2D eigenvalue weighted by Gasteiger charge is -2.14. The summed E-state index contributed by atoms with van der Waals surface area (Å²) in [6.07, 6.45) is 3.29. The number of nitrogens with zero attached hydrogens (tertiary/aromatic N) is 3. The fourth-order valence-electron chi connectivity index (χ4n) is 1.45. The minimum atomic E-state index is 0.602. The average molecular weight is 239 g/mol. The Balaban J connectivity index is 2.75. The van der Waals surface area contributed by atoms with Gasteiger partial charge in [0.05, 0.1) is 5.56 Å². The van der Waals surface area contributed by atoms with Gasteiger partial charge in [-0.3, -0.25) is 0 Å². The van der Waals surface area contributed by atoms with E-state index in [0.29, 0.717) is 18.3 Å². The van der Waals surface area contributed by atoms with Crippen LogP contribution >= 0.6 is 0 Å². The molecule has 0 saturated heterocycles. The molecule has 0 amide bonds. The van der Waals surface area contributed by atoms with E-state index >= 15 is 0 Å². The largest absolute Gasteiger partial charge is 0.476 e. The minimum absolute atomic E-state index is 0.602. The van der Waals surface area contributed by atoms with E-state index in [9.17, 15) is 0 Å². The molecule has 0 unspecified atom stereocenters. The highest BCUT2D eigenvalue weighted by molar-refractivity contribution is 5.47. The van der Waals surface area contributed by atoms with Gasteiger partial charge in [-0.1, -0.05) is 13.3 Å². The number of ether oxygens (including phenoxy) is 1. The standard InChI is InChI=1S/C11H21N5O/c1-4-5-9-10(15-12)13-8-14-11(9)17-7-6-16(2)3/h8H,4-7,12H2,1-3H3,(H,13,14,15). The van der Waals surface area contributed by atoms with Gasteiger partial charge in [-0.25, -0.2) is 15.8 Å². The molecule has 0 radical (unpaired) electrons. The van der Waals surface area contributed by atoms with E-state index in [1.165, 1.54) is 6.33 Å². The molecule has 1 aromatic rings. The number of aromatic nitrogens is 2. The lowest BCUT2D eigenvalue weighted by atomic mass is 10.2. The van der Waals surface area contributed by atoms with Gasteiger partial charge in [-0.05, 0) is 20.5 Å². The number of nitrogen functional groups attached to an aromatic ring is 1. The molecule has 0 atom stereocenters. The van der Waals surface area contributed by atoms with Gasteiger partial charge in [-0.2, -0.15) is 0 Å². The van der Waals surface area contributed by atoms with E-state index in [-0.39, 0.29) is 0 Å². The summed E-state index contributed by atoms with van der Waals surface area (Å²) in [5.74, 6) is 6.68. The summed E-state index contributed by atoms with van der Waals surface area (Å²) in [7, 11) is 4.01. The molecule has 0 aliphatic rings. The van der Waals surface area contributed by atoms with E-state index in [2.05, 4.69) is 27.2 Å². The van der Waals surface area contributed by atoms with Gasteiger partial charge in [0.1, 0.15) is 18.8 Å². The maximum atomic E-state index is 5.65. The Labute approximate surface area is 102 Å². The quantitative estimate of drug-likeness (QED) is 0.537. The SMILES string of the molecule is CCCc1c(NN)ncnc1OCCN(C)C. The Kier molecular flexibility index (Phi) is 5.65. The molecule has 0 aliphatic carbocycles. The predicted octanol–water partition coefficient (Wildman–Crippen LogP) is 0.655. The fourth-order valence-corrected chi connectivity index (χ4v) is 1.45. The van der Waals surface area contributed by atoms with Crippen molar-refractivity contribution in [1.29, 1.82) is 0 Å². The second kappa shape index (κ2) is 7.03. The van der Waals surface area contributed by atoms with Crippen LogP contribution in [0.5, 0.6) is 5.88 Å².